The number of carbonyl (C=O) groups is 1. The fourth-order valence-electron chi connectivity index (χ4n) is 2.50. The molecule has 1 unspecified atom stereocenters. The average molecular weight is 348 g/mol. The first-order valence-electron chi connectivity index (χ1n) is 7.70. The van der Waals surface area contributed by atoms with E-state index in [4.69, 9.17) is 11.6 Å². The first-order chi connectivity index (χ1) is 11.0. The number of hydrogen-bond acceptors (Lipinski definition) is 2. The molecule has 0 heterocycles. The lowest BCUT2D eigenvalue weighted by molar-refractivity contribution is -0.121. The molecular weight excluding hydrogens is 326 g/mol. The van der Waals surface area contributed by atoms with Crippen molar-refractivity contribution in [2.24, 2.45) is 0 Å². The Morgan fingerprint density at radius 3 is 2.52 bits per heavy atom. The highest BCUT2D eigenvalue weighted by molar-refractivity contribution is 7.99. The quantitative estimate of drug-likeness (QED) is 0.717. The molecule has 2 rings (SSSR count). The summed E-state index contributed by atoms with van der Waals surface area (Å²) in [6, 6.07) is 14.0. The van der Waals surface area contributed by atoms with E-state index in [9.17, 15) is 4.79 Å². The second-order valence-electron chi connectivity index (χ2n) is 5.70. The first kappa shape index (κ1) is 17.9. The van der Waals surface area contributed by atoms with E-state index < -0.39 is 0 Å². The molecule has 0 aliphatic heterocycles. The van der Waals surface area contributed by atoms with E-state index in [1.807, 2.05) is 31.2 Å². The van der Waals surface area contributed by atoms with E-state index in [1.165, 1.54) is 16.7 Å². The van der Waals surface area contributed by atoms with Crippen LogP contribution < -0.4 is 5.32 Å². The van der Waals surface area contributed by atoms with Gasteiger partial charge in [0.2, 0.25) is 5.91 Å². The van der Waals surface area contributed by atoms with Crippen LogP contribution in [-0.2, 0) is 4.79 Å². The lowest BCUT2D eigenvalue weighted by Crippen LogP contribution is -2.27. The zero-order valence-corrected chi connectivity index (χ0v) is 15.3. The van der Waals surface area contributed by atoms with Crippen molar-refractivity contribution >= 4 is 29.3 Å². The molecule has 1 N–H and O–H groups in total. The van der Waals surface area contributed by atoms with E-state index in [2.05, 4.69) is 37.4 Å². The third-order valence-corrected chi connectivity index (χ3v) is 4.95. The summed E-state index contributed by atoms with van der Waals surface area (Å²) in [7, 11) is 0. The normalized spacial score (nSPS) is 12.0. The van der Waals surface area contributed by atoms with Crippen LogP contribution in [-0.4, -0.2) is 11.7 Å². The molecule has 0 saturated carbocycles. The van der Waals surface area contributed by atoms with Crippen LogP contribution in [0, 0.1) is 13.8 Å². The van der Waals surface area contributed by atoms with Gasteiger partial charge < -0.3 is 5.32 Å². The van der Waals surface area contributed by atoms with E-state index >= 15 is 0 Å². The molecule has 2 aromatic rings. The molecule has 0 radical (unpaired) electrons. The summed E-state index contributed by atoms with van der Waals surface area (Å²) in [6.07, 6.45) is 0.503. The van der Waals surface area contributed by atoms with Crippen LogP contribution in [0.25, 0.3) is 0 Å². The second kappa shape index (κ2) is 8.42. The molecule has 0 saturated heterocycles. The minimum Gasteiger partial charge on any atom is -0.350 e. The molecule has 0 spiro atoms. The number of benzene rings is 2. The largest absolute Gasteiger partial charge is 0.350 e. The summed E-state index contributed by atoms with van der Waals surface area (Å²) in [5, 5.41) is 3.81. The molecule has 0 aromatic heterocycles. The van der Waals surface area contributed by atoms with Crippen LogP contribution in [0.3, 0.4) is 0 Å². The molecule has 2 nitrogen and oxygen atoms in total. The summed E-state index contributed by atoms with van der Waals surface area (Å²) in [4.78, 5) is 13.2. The van der Waals surface area contributed by atoms with Gasteiger partial charge in [-0.2, -0.15) is 0 Å². The van der Waals surface area contributed by atoms with Crippen LogP contribution in [0.15, 0.2) is 47.4 Å². The smallest absolute Gasteiger partial charge is 0.221 e. The van der Waals surface area contributed by atoms with E-state index in [-0.39, 0.29) is 11.9 Å². The number of aryl methyl sites for hydroxylation is 2. The zero-order valence-electron chi connectivity index (χ0n) is 13.7. The van der Waals surface area contributed by atoms with Crippen molar-refractivity contribution in [3.63, 3.8) is 0 Å². The summed E-state index contributed by atoms with van der Waals surface area (Å²) < 4.78 is 0. The molecular formula is C19H22ClNOS. The van der Waals surface area contributed by atoms with Crippen molar-refractivity contribution < 1.29 is 4.79 Å². The molecule has 4 heteroatoms. The minimum atomic E-state index is 0.0311. The number of carbonyl (C=O) groups excluding carboxylic acids is 1. The van der Waals surface area contributed by atoms with Crippen molar-refractivity contribution in [2.45, 2.75) is 38.1 Å². The molecule has 1 atom stereocenters. The Hall–Kier alpha value is -1.45. The number of nitrogens with one attached hydrogen (secondary N) is 1. The van der Waals surface area contributed by atoms with Crippen molar-refractivity contribution in [3.05, 3.63) is 64.2 Å². The van der Waals surface area contributed by atoms with Crippen molar-refractivity contribution in [2.75, 3.05) is 5.75 Å². The molecule has 0 bridgehead atoms. The van der Waals surface area contributed by atoms with Crippen LogP contribution in [0.1, 0.15) is 36.1 Å². The summed E-state index contributed by atoms with van der Waals surface area (Å²) in [5.74, 6) is 0.839. The molecule has 0 aliphatic rings. The predicted molar refractivity (Wildman–Crippen MR) is 99.3 cm³/mol. The maximum atomic E-state index is 12.1. The fraction of sp³-hybridized carbons (Fsp3) is 0.316. The molecule has 23 heavy (non-hydrogen) atoms. The Labute approximate surface area is 147 Å². The van der Waals surface area contributed by atoms with Crippen LogP contribution >= 0.6 is 23.4 Å². The highest BCUT2D eigenvalue weighted by Gasteiger charge is 2.11. The van der Waals surface area contributed by atoms with Gasteiger partial charge >= 0.3 is 0 Å². The lowest BCUT2D eigenvalue weighted by atomic mass is 10.0. The maximum Gasteiger partial charge on any atom is 0.221 e. The number of hydrogen-bond donors (Lipinski definition) is 1. The zero-order chi connectivity index (χ0) is 16.8. The van der Waals surface area contributed by atoms with Gasteiger partial charge in [-0.3, -0.25) is 4.79 Å². The summed E-state index contributed by atoms with van der Waals surface area (Å²) in [6.45, 7) is 6.19. The van der Waals surface area contributed by atoms with Crippen LogP contribution in [0.4, 0.5) is 0 Å². The SMILES string of the molecule is Cc1ccc(C(C)NC(=O)CCSc2ccc(Cl)cc2)c(C)c1. The van der Waals surface area contributed by atoms with Gasteiger partial charge in [0.25, 0.3) is 0 Å². The van der Waals surface area contributed by atoms with Gasteiger partial charge in [0, 0.05) is 22.1 Å². The predicted octanol–water partition coefficient (Wildman–Crippen LogP) is 5.32. The number of amides is 1. The Morgan fingerprint density at radius 2 is 1.87 bits per heavy atom. The highest BCUT2D eigenvalue weighted by atomic mass is 35.5. The van der Waals surface area contributed by atoms with Gasteiger partial charge in [0.15, 0.2) is 0 Å². The minimum absolute atomic E-state index is 0.0311. The van der Waals surface area contributed by atoms with Gasteiger partial charge in [-0.05, 0) is 56.2 Å². The lowest BCUT2D eigenvalue weighted by Gasteiger charge is -2.17. The average Bonchev–Trinajstić information content (AvgIpc) is 2.49. The summed E-state index contributed by atoms with van der Waals surface area (Å²) >= 11 is 7.53. The van der Waals surface area contributed by atoms with Crippen molar-refractivity contribution in [1.29, 1.82) is 0 Å². The van der Waals surface area contributed by atoms with Gasteiger partial charge in [0.05, 0.1) is 6.04 Å². The monoisotopic (exact) mass is 347 g/mol. The van der Waals surface area contributed by atoms with Crippen molar-refractivity contribution in [1.82, 2.24) is 5.32 Å². The standard InChI is InChI=1S/C19H22ClNOS/c1-13-4-9-18(14(2)12-13)15(3)21-19(22)10-11-23-17-7-5-16(20)6-8-17/h4-9,12,15H,10-11H2,1-3H3,(H,21,22). The van der Waals surface area contributed by atoms with E-state index in [0.29, 0.717) is 6.42 Å². The van der Waals surface area contributed by atoms with Gasteiger partial charge in [-0.25, -0.2) is 0 Å². The van der Waals surface area contributed by atoms with Crippen LogP contribution in [0.5, 0.6) is 0 Å². The van der Waals surface area contributed by atoms with Gasteiger partial charge in [-0.15, -0.1) is 11.8 Å². The molecule has 0 aliphatic carbocycles. The van der Waals surface area contributed by atoms with Gasteiger partial charge in [0.1, 0.15) is 0 Å². The first-order valence-corrected chi connectivity index (χ1v) is 9.07. The highest BCUT2D eigenvalue weighted by Crippen LogP contribution is 2.22. The second-order valence-corrected chi connectivity index (χ2v) is 7.31. The Balaban J connectivity index is 1.81. The summed E-state index contributed by atoms with van der Waals surface area (Å²) in [5.41, 5.74) is 3.63. The van der Waals surface area contributed by atoms with Crippen LogP contribution in [0.2, 0.25) is 5.02 Å². The van der Waals surface area contributed by atoms with Gasteiger partial charge in [-0.1, -0.05) is 35.4 Å². The molecule has 0 fully saturated rings. The topological polar surface area (TPSA) is 29.1 Å². The third-order valence-electron chi connectivity index (χ3n) is 3.68. The fourth-order valence-corrected chi connectivity index (χ4v) is 3.47. The van der Waals surface area contributed by atoms with E-state index in [0.717, 1.165) is 15.7 Å². The third kappa shape index (κ3) is 5.60. The Kier molecular flexibility index (Phi) is 6.55. The van der Waals surface area contributed by atoms with Crippen molar-refractivity contribution in [3.8, 4) is 0 Å². The molecule has 1 amide bonds. The number of halogens is 1. The molecule has 2 aromatic carbocycles. The number of thioether (sulfide) groups is 1. The Morgan fingerprint density at radius 1 is 1.17 bits per heavy atom. The molecule has 122 valence electrons. The number of rotatable bonds is 6. The Bertz CT molecular complexity index is 670. The maximum absolute atomic E-state index is 12.1. The van der Waals surface area contributed by atoms with E-state index in [1.54, 1.807) is 11.8 Å².